The second-order valence-electron chi connectivity index (χ2n) is 5.99. The van der Waals surface area contributed by atoms with Crippen LogP contribution in [0.5, 0.6) is 0 Å². The maximum Gasteiger partial charge on any atom is 0.271 e. The molecule has 0 saturated heterocycles. The molecule has 0 unspecified atom stereocenters. The first-order chi connectivity index (χ1) is 13.7. The Balaban J connectivity index is 1.57. The molecule has 0 fully saturated rings. The van der Waals surface area contributed by atoms with Crippen LogP contribution in [0.3, 0.4) is 0 Å². The van der Waals surface area contributed by atoms with Crippen LogP contribution in [-0.4, -0.2) is 29.7 Å². The summed E-state index contributed by atoms with van der Waals surface area (Å²) in [4.78, 5) is 23.2. The number of rotatable bonds is 6. The molecule has 9 nitrogen and oxygen atoms in total. The van der Waals surface area contributed by atoms with E-state index in [2.05, 4.69) is 25.4 Å². The molecule has 2 aromatic carbocycles. The number of nitro benzene ring substituents is 1. The van der Waals surface area contributed by atoms with E-state index in [0.717, 1.165) is 16.8 Å². The molecule has 0 radical (unpaired) electrons. The summed E-state index contributed by atoms with van der Waals surface area (Å²) in [7, 11) is 0. The summed E-state index contributed by atoms with van der Waals surface area (Å²) in [6, 6.07) is 16.0. The monoisotopic (exact) mass is 373 g/mol. The van der Waals surface area contributed by atoms with Crippen molar-refractivity contribution in [3.8, 4) is 11.3 Å². The van der Waals surface area contributed by atoms with Crippen molar-refractivity contribution in [3.63, 3.8) is 0 Å². The van der Waals surface area contributed by atoms with Crippen LogP contribution < -0.4 is 5.32 Å². The van der Waals surface area contributed by atoms with Gasteiger partial charge in [0.05, 0.1) is 17.2 Å². The van der Waals surface area contributed by atoms with Gasteiger partial charge in [-0.2, -0.15) is 5.10 Å². The number of nitrogens with one attached hydrogen (secondary N) is 1. The van der Waals surface area contributed by atoms with Gasteiger partial charge in [0.25, 0.3) is 5.69 Å². The Hall–Kier alpha value is -4.14. The standard InChI is InChI=1S/C19H15N7O2/c27-26(28)17-6-2-5-16(10-17)23-19-21-8-7-18(24-19)15-4-1-3-14(9-15)11-25-13-20-12-22-25/h1-10,12-13H,11H2,(H,21,23,24). The average Bonchev–Trinajstić information content (AvgIpc) is 3.22. The van der Waals surface area contributed by atoms with Gasteiger partial charge in [-0.1, -0.05) is 24.3 Å². The Morgan fingerprint density at radius 2 is 2.00 bits per heavy atom. The van der Waals surface area contributed by atoms with Crippen molar-refractivity contribution in [3.05, 3.63) is 89.1 Å². The third-order valence-corrected chi connectivity index (χ3v) is 4.00. The molecule has 0 aliphatic rings. The molecule has 28 heavy (non-hydrogen) atoms. The topological polar surface area (TPSA) is 112 Å². The number of aromatic nitrogens is 5. The largest absolute Gasteiger partial charge is 0.324 e. The Bertz CT molecular complexity index is 1110. The first-order valence-corrected chi connectivity index (χ1v) is 8.44. The maximum atomic E-state index is 10.9. The van der Waals surface area contributed by atoms with Gasteiger partial charge in [-0.25, -0.2) is 19.6 Å². The van der Waals surface area contributed by atoms with Gasteiger partial charge in [0, 0.05) is 29.6 Å². The molecular formula is C19H15N7O2. The van der Waals surface area contributed by atoms with E-state index in [1.54, 1.807) is 29.3 Å². The summed E-state index contributed by atoms with van der Waals surface area (Å²) in [5, 5.41) is 18.1. The number of anilines is 2. The van der Waals surface area contributed by atoms with E-state index in [1.807, 2.05) is 30.3 Å². The van der Waals surface area contributed by atoms with E-state index in [0.29, 0.717) is 18.2 Å². The van der Waals surface area contributed by atoms with Crippen LogP contribution >= 0.6 is 0 Å². The van der Waals surface area contributed by atoms with Crippen LogP contribution in [0.4, 0.5) is 17.3 Å². The lowest BCUT2D eigenvalue weighted by molar-refractivity contribution is -0.384. The Kier molecular flexibility index (Phi) is 4.70. The van der Waals surface area contributed by atoms with Crippen molar-refractivity contribution in [1.82, 2.24) is 24.7 Å². The first kappa shape index (κ1) is 17.3. The van der Waals surface area contributed by atoms with Gasteiger partial charge in [-0.15, -0.1) is 0 Å². The fourth-order valence-corrected chi connectivity index (χ4v) is 2.74. The van der Waals surface area contributed by atoms with Gasteiger partial charge in [-0.3, -0.25) is 10.1 Å². The molecular weight excluding hydrogens is 358 g/mol. The van der Waals surface area contributed by atoms with Crippen LogP contribution in [0, 0.1) is 10.1 Å². The van der Waals surface area contributed by atoms with Gasteiger partial charge in [-0.05, 0) is 23.8 Å². The van der Waals surface area contributed by atoms with E-state index in [-0.39, 0.29) is 5.69 Å². The predicted molar refractivity (Wildman–Crippen MR) is 103 cm³/mol. The van der Waals surface area contributed by atoms with Crippen molar-refractivity contribution in [2.45, 2.75) is 6.54 Å². The molecule has 0 aliphatic carbocycles. The minimum Gasteiger partial charge on any atom is -0.324 e. The summed E-state index contributed by atoms with van der Waals surface area (Å²) in [6.07, 6.45) is 4.81. The van der Waals surface area contributed by atoms with Gasteiger partial charge in [0.2, 0.25) is 5.95 Å². The zero-order valence-electron chi connectivity index (χ0n) is 14.6. The molecule has 4 aromatic rings. The van der Waals surface area contributed by atoms with Gasteiger partial charge < -0.3 is 5.32 Å². The summed E-state index contributed by atoms with van der Waals surface area (Å²) in [6.45, 7) is 0.609. The van der Waals surface area contributed by atoms with Gasteiger partial charge >= 0.3 is 0 Å². The van der Waals surface area contributed by atoms with E-state index in [9.17, 15) is 10.1 Å². The van der Waals surface area contributed by atoms with Gasteiger partial charge in [0.15, 0.2) is 0 Å². The number of hydrogen-bond acceptors (Lipinski definition) is 7. The van der Waals surface area contributed by atoms with Gasteiger partial charge in [0.1, 0.15) is 12.7 Å². The van der Waals surface area contributed by atoms with Crippen LogP contribution in [0.15, 0.2) is 73.4 Å². The highest BCUT2D eigenvalue weighted by Gasteiger charge is 2.08. The molecule has 1 N–H and O–H groups in total. The normalized spacial score (nSPS) is 10.6. The number of nitrogens with zero attached hydrogens (tertiary/aromatic N) is 6. The highest BCUT2D eigenvalue weighted by atomic mass is 16.6. The number of benzene rings is 2. The van der Waals surface area contributed by atoms with Crippen LogP contribution in [0.25, 0.3) is 11.3 Å². The van der Waals surface area contributed by atoms with E-state index in [1.165, 1.54) is 18.5 Å². The SMILES string of the molecule is O=[N+]([O-])c1cccc(Nc2nccc(-c3cccc(Cn4cncn4)c3)n2)c1. The van der Waals surface area contributed by atoms with Crippen molar-refractivity contribution in [2.75, 3.05) is 5.32 Å². The molecule has 9 heteroatoms. The lowest BCUT2D eigenvalue weighted by atomic mass is 10.1. The Morgan fingerprint density at radius 1 is 1.11 bits per heavy atom. The second kappa shape index (κ2) is 7.62. The molecule has 0 atom stereocenters. The summed E-state index contributed by atoms with van der Waals surface area (Å²) < 4.78 is 1.74. The fourth-order valence-electron chi connectivity index (χ4n) is 2.74. The van der Waals surface area contributed by atoms with Crippen LogP contribution in [-0.2, 0) is 6.54 Å². The molecule has 2 aromatic heterocycles. The number of nitro groups is 1. The highest BCUT2D eigenvalue weighted by Crippen LogP contribution is 2.22. The molecule has 0 aliphatic heterocycles. The minimum atomic E-state index is -0.441. The highest BCUT2D eigenvalue weighted by molar-refractivity contribution is 5.63. The smallest absolute Gasteiger partial charge is 0.271 e. The molecule has 2 heterocycles. The molecule has 0 saturated carbocycles. The maximum absolute atomic E-state index is 10.9. The molecule has 4 rings (SSSR count). The molecule has 0 bridgehead atoms. The number of non-ortho nitro benzene ring substituents is 1. The van der Waals surface area contributed by atoms with E-state index in [4.69, 9.17) is 0 Å². The lowest BCUT2D eigenvalue weighted by Crippen LogP contribution is -2.01. The summed E-state index contributed by atoms with van der Waals surface area (Å²) in [5.41, 5.74) is 3.29. The van der Waals surface area contributed by atoms with Crippen LogP contribution in [0.1, 0.15) is 5.56 Å². The quantitative estimate of drug-likeness (QED) is 0.407. The zero-order chi connectivity index (χ0) is 19.3. The molecule has 0 spiro atoms. The van der Waals surface area contributed by atoms with Crippen molar-refractivity contribution >= 4 is 17.3 Å². The lowest BCUT2D eigenvalue weighted by Gasteiger charge is -2.08. The van der Waals surface area contributed by atoms with Crippen LogP contribution in [0.2, 0.25) is 0 Å². The first-order valence-electron chi connectivity index (χ1n) is 8.44. The average molecular weight is 373 g/mol. The predicted octanol–water partition coefficient (Wildman–Crippen LogP) is 3.44. The third-order valence-electron chi connectivity index (χ3n) is 4.00. The summed E-state index contributed by atoms with van der Waals surface area (Å²) in [5.74, 6) is 0.361. The van der Waals surface area contributed by atoms with E-state index >= 15 is 0 Å². The fraction of sp³-hybridized carbons (Fsp3) is 0.0526. The van der Waals surface area contributed by atoms with Crippen molar-refractivity contribution < 1.29 is 4.92 Å². The van der Waals surface area contributed by atoms with Crippen molar-refractivity contribution in [1.29, 1.82) is 0 Å². The summed E-state index contributed by atoms with van der Waals surface area (Å²) >= 11 is 0. The van der Waals surface area contributed by atoms with Crippen molar-refractivity contribution in [2.24, 2.45) is 0 Å². The Labute approximate surface area is 159 Å². The number of hydrogen-bond donors (Lipinski definition) is 1. The molecule has 0 amide bonds. The minimum absolute atomic E-state index is 0.00182. The third kappa shape index (κ3) is 3.98. The second-order valence-corrected chi connectivity index (χ2v) is 5.99. The van der Waals surface area contributed by atoms with E-state index < -0.39 is 4.92 Å². The molecule has 138 valence electrons. The zero-order valence-corrected chi connectivity index (χ0v) is 14.6. The Morgan fingerprint density at radius 3 is 2.82 bits per heavy atom.